The highest BCUT2D eigenvalue weighted by molar-refractivity contribution is 7.89. The van der Waals surface area contributed by atoms with Gasteiger partial charge in [-0.3, -0.25) is 0 Å². The average Bonchev–Trinajstić information content (AvgIpc) is 2.95. The Morgan fingerprint density at radius 2 is 2.09 bits per heavy atom. The molecule has 0 radical (unpaired) electrons. The van der Waals surface area contributed by atoms with Gasteiger partial charge in [-0.05, 0) is 55.0 Å². The van der Waals surface area contributed by atoms with Crippen molar-refractivity contribution in [3.8, 4) is 5.75 Å². The summed E-state index contributed by atoms with van der Waals surface area (Å²) >= 11 is 0. The summed E-state index contributed by atoms with van der Waals surface area (Å²) in [5.74, 6) is 1.20. The number of rotatable bonds is 5. The first kappa shape index (κ1) is 17.2. The molecule has 0 spiro atoms. The molecular weight excluding hydrogens is 300 g/mol. The second-order valence-electron chi connectivity index (χ2n) is 6.27. The van der Waals surface area contributed by atoms with Crippen LogP contribution in [0, 0.1) is 12.8 Å². The summed E-state index contributed by atoms with van der Waals surface area (Å²) in [6, 6.07) is 3.59. The van der Waals surface area contributed by atoms with Crippen LogP contribution in [0.4, 0.5) is 0 Å². The van der Waals surface area contributed by atoms with E-state index >= 15 is 0 Å². The molecule has 1 fully saturated rings. The molecule has 0 saturated carbocycles. The van der Waals surface area contributed by atoms with Crippen molar-refractivity contribution in [2.24, 2.45) is 11.7 Å². The molecule has 2 rings (SSSR count). The van der Waals surface area contributed by atoms with Crippen LogP contribution in [-0.4, -0.2) is 39.5 Å². The van der Waals surface area contributed by atoms with Crippen molar-refractivity contribution in [3.05, 3.63) is 23.3 Å². The van der Waals surface area contributed by atoms with Crippen molar-refractivity contribution in [1.29, 1.82) is 0 Å². The second-order valence-corrected chi connectivity index (χ2v) is 8.17. The van der Waals surface area contributed by atoms with Crippen LogP contribution in [0.5, 0.6) is 5.75 Å². The van der Waals surface area contributed by atoms with E-state index in [9.17, 15) is 8.42 Å². The Morgan fingerprint density at radius 1 is 1.41 bits per heavy atom. The molecule has 0 amide bonds. The zero-order chi connectivity index (χ0) is 16.5. The number of hydrogen-bond donors (Lipinski definition) is 1. The molecule has 5 nitrogen and oxygen atoms in total. The van der Waals surface area contributed by atoms with E-state index in [1.54, 1.807) is 17.5 Å². The highest BCUT2D eigenvalue weighted by Gasteiger charge is 2.33. The van der Waals surface area contributed by atoms with Crippen LogP contribution in [0.3, 0.4) is 0 Å². The number of benzene rings is 1. The lowest BCUT2D eigenvalue weighted by molar-refractivity contribution is 0.406. The maximum atomic E-state index is 12.9. The molecule has 1 aromatic carbocycles. The molecular formula is C16H26N2O3S. The first-order valence-corrected chi connectivity index (χ1v) is 9.14. The third-order valence-corrected chi connectivity index (χ3v) is 6.36. The van der Waals surface area contributed by atoms with Gasteiger partial charge < -0.3 is 10.5 Å². The lowest BCUT2D eigenvalue weighted by atomic mass is 10.0. The smallest absolute Gasteiger partial charge is 0.243 e. The molecule has 6 heteroatoms. The van der Waals surface area contributed by atoms with Gasteiger partial charge in [0.05, 0.1) is 12.0 Å². The SMILES string of the molecule is COc1cc(C)c(S(=O)(=O)N2CCC(CN)C2)cc1C(C)C. The van der Waals surface area contributed by atoms with Gasteiger partial charge in [0.1, 0.15) is 5.75 Å². The minimum atomic E-state index is -3.47. The summed E-state index contributed by atoms with van der Waals surface area (Å²) in [4.78, 5) is 0.384. The van der Waals surface area contributed by atoms with Crippen LogP contribution in [0.15, 0.2) is 17.0 Å². The fourth-order valence-electron chi connectivity index (χ4n) is 2.93. The van der Waals surface area contributed by atoms with Gasteiger partial charge >= 0.3 is 0 Å². The normalized spacial score (nSPS) is 19.8. The second kappa shape index (κ2) is 6.56. The van der Waals surface area contributed by atoms with E-state index < -0.39 is 10.0 Å². The van der Waals surface area contributed by atoms with Crippen molar-refractivity contribution in [2.75, 3.05) is 26.7 Å². The molecule has 0 aliphatic carbocycles. The van der Waals surface area contributed by atoms with E-state index in [0.717, 1.165) is 23.3 Å². The van der Waals surface area contributed by atoms with Crippen molar-refractivity contribution >= 4 is 10.0 Å². The molecule has 1 atom stereocenters. The van der Waals surface area contributed by atoms with E-state index in [1.807, 2.05) is 26.8 Å². The third-order valence-electron chi connectivity index (χ3n) is 4.35. The van der Waals surface area contributed by atoms with E-state index in [0.29, 0.717) is 24.5 Å². The lowest BCUT2D eigenvalue weighted by Crippen LogP contribution is -2.30. The number of methoxy groups -OCH3 is 1. The zero-order valence-electron chi connectivity index (χ0n) is 13.8. The minimum Gasteiger partial charge on any atom is -0.496 e. The Kier molecular flexibility index (Phi) is 5.14. The maximum Gasteiger partial charge on any atom is 0.243 e. The molecule has 0 bridgehead atoms. The third kappa shape index (κ3) is 3.14. The Balaban J connectivity index is 2.45. The molecule has 0 aromatic heterocycles. The van der Waals surface area contributed by atoms with Gasteiger partial charge in [-0.2, -0.15) is 4.31 Å². The average molecular weight is 326 g/mol. The zero-order valence-corrected chi connectivity index (χ0v) is 14.6. The Bertz CT molecular complexity index is 641. The highest BCUT2D eigenvalue weighted by Crippen LogP contribution is 2.34. The number of ether oxygens (including phenoxy) is 1. The quantitative estimate of drug-likeness (QED) is 0.899. The molecule has 2 N–H and O–H groups in total. The number of hydrogen-bond acceptors (Lipinski definition) is 4. The fourth-order valence-corrected chi connectivity index (χ4v) is 4.70. The van der Waals surface area contributed by atoms with Gasteiger partial charge in [0, 0.05) is 13.1 Å². The lowest BCUT2D eigenvalue weighted by Gasteiger charge is -2.21. The minimum absolute atomic E-state index is 0.194. The summed E-state index contributed by atoms with van der Waals surface area (Å²) in [6.45, 7) is 7.47. The number of nitrogens with zero attached hydrogens (tertiary/aromatic N) is 1. The van der Waals surface area contributed by atoms with Gasteiger partial charge in [-0.15, -0.1) is 0 Å². The molecule has 1 unspecified atom stereocenters. The Hall–Kier alpha value is -1.11. The van der Waals surface area contributed by atoms with Crippen molar-refractivity contribution < 1.29 is 13.2 Å². The molecule has 1 aliphatic rings. The number of sulfonamides is 1. The van der Waals surface area contributed by atoms with Crippen LogP contribution in [0.1, 0.15) is 37.3 Å². The molecule has 1 saturated heterocycles. The Morgan fingerprint density at radius 3 is 2.59 bits per heavy atom. The van der Waals surface area contributed by atoms with Crippen molar-refractivity contribution in [1.82, 2.24) is 4.31 Å². The standard InChI is InChI=1S/C16H26N2O3S/c1-11(2)14-8-16(12(3)7-15(14)21-4)22(19,20)18-6-5-13(9-17)10-18/h7-8,11,13H,5-6,9-10,17H2,1-4H3. The summed E-state index contributed by atoms with van der Waals surface area (Å²) in [6.07, 6.45) is 0.835. The van der Waals surface area contributed by atoms with E-state index in [1.165, 1.54) is 0 Å². The van der Waals surface area contributed by atoms with Gasteiger partial charge in [0.25, 0.3) is 0 Å². The predicted octanol–water partition coefficient (Wildman–Crippen LogP) is 2.10. The number of nitrogens with two attached hydrogens (primary N) is 1. The van der Waals surface area contributed by atoms with Gasteiger partial charge in [-0.25, -0.2) is 8.42 Å². The van der Waals surface area contributed by atoms with Crippen LogP contribution in [0.2, 0.25) is 0 Å². The van der Waals surface area contributed by atoms with Crippen molar-refractivity contribution in [2.45, 2.75) is 38.0 Å². The van der Waals surface area contributed by atoms with Gasteiger partial charge in [-0.1, -0.05) is 13.8 Å². The van der Waals surface area contributed by atoms with E-state index in [4.69, 9.17) is 10.5 Å². The number of aryl methyl sites for hydroxylation is 1. The maximum absolute atomic E-state index is 12.9. The summed E-state index contributed by atoms with van der Waals surface area (Å²) in [7, 11) is -1.86. The van der Waals surface area contributed by atoms with Crippen molar-refractivity contribution in [3.63, 3.8) is 0 Å². The van der Waals surface area contributed by atoms with E-state index in [2.05, 4.69) is 0 Å². The first-order valence-electron chi connectivity index (χ1n) is 7.70. The molecule has 1 heterocycles. The van der Waals surface area contributed by atoms with Gasteiger partial charge in [0.15, 0.2) is 0 Å². The molecule has 124 valence electrons. The summed E-state index contributed by atoms with van der Waals surface area (Å²) in [5.41, 5.74) is 7.31. The van der Waals surface area contributed by atoms with Gasteiger partial charge in [0.2, 0.25) is 10.0 Å². The fraction of sp³-hybridized carbons (Fsp3) is 0.625. The topological polar surface area (TPSA) is 72.6 Å². The van der Waals surface area contributed by atoms with Crippen LogP contribution >= 0.6 is 0 Å². The van der Waals surface area contributed by atoms with Crippen LogP contribution < -0.4 is 10.5 Å². The van der Waals surface area contributed by atoms with E-state index in [-0.39, 0.29) is 11.8 Å². The highest BCUT2D eigenvalue weighted by atomic mass is 32.2. The van der Waals surface area contributed by atoms with Crippen LogP contribution in [-0.2, 0) is 10.0 Å². The Labute approximate surface area is 133 Å². The first-order chi connectivity index (χ1) is 10.3. The molecule has 1 aliphatic heterocycles. The predicted molar refractivity (Wildman–Crippen MR) is 87.7 cm³/mol. The molecule has 22 heavy (non-hydrogen) atoms. The monoisotopic (exact) mass is 326 g/mol. The summed E-state index contributed by atoms with van der Waals surface area (Å²) in [5, 5.41) is 0. The molecule has 1 aromatic rings. The summed E-state index contributed by atoms with van der Waals surface area (Å²) < 4.78 is 32.8. The van der Waals surface area contributed by atoms with Crippen LogP contribution in [0.25, 0.3) is 0 Å². The largest absolute Gasteiger partial charge is 0.496 e.